The third-order valence-electron chi connectivity index (χ3n) is 2.77. The second kappa shape index (κ2) is 4.49. The number of ether oxygens (including phenoxy) is 1. The van der Waals surface area contributed by atoms with E-state index >= 15 is 0 Å². The summed E-state index contributed by atoms with van der Waals surface area (Å²) in [5.74, 6) is -0.389. The summed E-state index contributed by atoms with van der Waals surface area (Å²) >= 11 is 0. The number of hydrogen-bond donors (Lipinski definition) is 0. The Hall–Kier alpha value is -2.76. The summed E-state index contributed by atoms with van der Waals surface area (Å²) in [5.41, 5.74) is 2.78. The molecular formula is C13H10N4O2. The minimum Gasteiger partial charge on any atom is -0.465 e. The van der Waals surface area contributed by atoms with E-state index in [-0.39, 0.29) is 5.97 Å². The van der Waals surface area contributed by atoms with Crippen LogP contribution in [0.1, 0.15) is 10.4 Å². The fourth-order valence-electron chi connectivity index (χ4n) is 1.84. The van der Waals surface area contributed by atoms with E-state index < -0.39 is 0 Å². The zero-order valence-corrected chi connectivity index (χ0v) is 10.1. The van der Waals surface area contributed by atoms with E-state index in [0.29, 0.717) is 11.1 Å². The number of hydrogen-bond acceptors (Lipinski definition) is 5. The highest BCUT2D eigenvalue weighted by atomic mass is 16.5. The van der Waals surface area contributed by atoms with Gasteiger partial charge in [-0.05, 0) is 30.3 Å². The van der Waals surface area contributed by atoms with Crippen molar-refractivity contribution in [1.82, 2.24) is 20.0 Å². The van der Waals surface area contributed by atoms with Gasteiger partial charge in [0, 0.05) is 12.4 Å². The van der Waals surface area contributed by atoms with Crippen LogP contribution in [0.4, 0.5) is 0 Å². The lowest BCUT2D eigenvalue weighted by atomic mass is 10.2. The van der Waals surface area contributed by atoms with Crippen molar-refractivity contribution in [2.75, 3.05) is 7.11 Å². The number of rotatable bonds is 2. The molecule has 0 amide bonds. The number of carbonyl (C=O) groups excluding carboxylic acids is 1. The molecule has 0 aliphatic carbocycles. The van der Waals surface area contributed by atoms with Crippen molar-refractivity contribution in [3.8, 4) is 5.69 Å². The molecule has 0 spiro atoms. The summed E-state index contributed by atoms with van der Waals surface area (Å²) in [6, 6.07) is 8.81. The molecule has 2 heterocycles. The van der Waals surface area contributed by atoms with Gasteiger partial charge in [0.05, 0.1) is 23.9 Å². The Bertz CT molecular complexity index is 737. The van der Waals surface area contributed by atoms with Crippen molar-refractivity contribution in [3.05, 3.63) is 48.3 Å². The molecule has 3 rings (SSSR count). The number of carbonyl (C=O) groups is 1. The Morgan fingerprint density at radius 2 is 2.00 bits per heavy atom. The Morgan fingerprint density at radius 3 is 2.74 bits per heavy atom. The van der Waals surface area contributed by atoms with Crippen molar-refractivity contribution >= 4 is 17.0 Å². The number of pyridine rings is 1. The zero-order chi connectivity index (χ0) is 13.2. The van der Waals surface area contributed by atoms with Crippen LogP contribution in [0.5, 0.6) is 0 Å². The lowest BCUT2D eigenvalue weighted by molar-refractivity contribution is 0.0601. The molecule has 0 N–H and O–H groups in total. The van der Waals surface area contributed by atoms with Crippen molar-refractivity contribution in [2.45, 2.75) is 0 Å². The zero-order valence-electron chi connectivity index (χ0n) is 10.1. The maximum atomic E-state index is 11.4. The second-order valence-corrected chi connectivity index (χ2v) is 3.90. The van der Waals surface area contributed by atoms with E-state index in [1.165, 1.54) is 7.11 Å². The fraction of sp³-hybridized carbons (Fsp3) is 0.0769. The van der Waals surface area contributed by atoms with E-state index in [4.69, 9.17) is 0 Å². The molecule has 0 aliphatic rings. The topological polar surface area (TPSA) is 69.9 Å². The van der Waals surface area contributed by atoms with E-state index in [2.05, 4.69) is 20.0 Å². The molecule has 6 nitrogen and oxygen atoms in total. The molecule has 0 bridgehead atoms. The first kappa shape index (κ1) is 11.3. The maximum absolute atomic E-state index is 11.4. The molecule has 0 saturated heterocycles. The van der Waals surface area contributed by atoms with Crippen LogP contribution in [-0.4, -0.2) is 33.1 Å². The van der Waals surface area contributed by atoms with Gasteiger partial charge >= 0.3 is 5.97 Å². The number of methoxy groups -OCH3 is 1. The van der Waals surface area contributed by atoms with Gasteiger partial charge in [-0.15, -0.1) is 5.10 Å². The minimum absolute atomic E-state index is 0.389. The first-order valence-electron chi connectivity index (χ1n) is 5.64. The predicted molar refractivity (Wildman–Crippen MR) is 68.0 cm³/mol. The first-order valence-corrected chi connectivity index (χ1v) is 5.64. The monoisotopic (exact) mass is 254 g/mol. The molecule has 0 atom stereocenters. The number of esters is 1. The third-order valence-corrected chi connectivity index (χ3v) is 2.77. The summed E-state index contributed by atoms with van der Waals surface area (Å²) in [4.78, 5) is 15.4. The molecule has 0 radical (unpaired) electrons. The molecular weight excluding hydrogens is 244 g/mol. The molecule has 0 fully saturated rings. The van der Waals surface area contributed by atoms with Gasteiger partial charge in [-0.2, -0.15) is 0 Å². The average Bonchev–Trinajstić information content (AvgIpc) is 2.90. The highest BCUT2D eigenvalue weighted by Gasteiger charge is 2.10. The average molecular weight is 254 g/mol. The summed E-state index contributed by atoms with van der Waals surface area (Å²) in [6.07, 6.45) is 3.37. The summed E-state index contributed by atoms with van der Waals surface area (Å²) in [6.45, 7) is 0. The van der Waals surface area contributed by atoms with Crippen LogP contribution in [0, 0.1) is 0 Å². The third kappa shape index (κ3) is 1.93. The molecule has 0 aliphatic heterocycles. The van der Waals surface area contributed by atoms with Gasteiger partial charge in [0.15, 0.2) is 0 Å². The normalized spacial score (nSPS) is 10.6. The highest BCUT2D eigenvalue weighted by molar-refractivity contribution is 5.93. The van der Waals surface area contributed by atoms with Crippen LogP contribution >= 0.6 is 0 Å². The van der Waals surface area contributed by atoms with Crippen LogP contribution < -0.4 is 0 Å². The maximum Gasteiger partial charge on any atom is 0.337 e. The Morgan fingerprint density at radius 1 is 1.21 bits per heavy atom. The van der Waals surface area contributed by atoms with Gasteiger partial charge in [-0.3, -0.25) is 4.98 Å². The van der Waals surface area contributed by atoms with Gasteiger partial charge in [-0.1, -0.05) is 5.21 Å². The fourth-order valence-corrected chi connectivity index (χ4v) is 1.84. The van der Waals surface area contributed by atoms with Crippen LogP contribution in [0.2, 0.25) is 0 Å². The number of nitrogens with zero attached hydrogens (tertiary/aromatic N) is 4. The van der Waals surface area contributed by atoms with Crippen molar-refractivity contribution in [3.63, 3.8) is 0 Å². The Kier molecular flexibility index (Phi) is 2.68. The van der Waals surface area contributed by atoms with E-state index in [1.807, 2.05) is 12.1 Å². The Labute approximate surface area is 108 Å². The molecule has 0 saturated carbocycles. The molecule has 94 valence electrons. The quantitative estimate of drug-likeness (QED) is 0.650. The van der Waals surface area contributed by atoms with Gasteiger partial charge in [0.25, 0.3) is 0 Å². The number of aromatic nitrogens is 4. The lowest BCUT2D eigenvalue weighted by Gasteiger charge is -2.02. The number of fused-ring (bicyclic) bond motifs is 1. The predicted octanol–water partition coefficient (Wildman–Crippen LogP) is 1.60. The van der Waals surface area contributed by atoms with Gasteiger partial charge in [0.1, 0.15) is 5.52 Å². The van der Waals surface area contributed by atoms with Crippen LogP contribution in [0.25, 0.3) is 16.7 Å². The smallest absolute Gasteiger partial charge is 0.337 e. The second-order valence-electron chi connectivity index (χ2n) is 3.90. The highest BCUT2D eigenvalue weighted by Crippen LogP contribution is 2.17. The molecule has 0 unspecified atom stereocenters. The van der Waals surface area contributed by atoms with Gasteiger partial charge < -0.3 is 4.74 Å². The van der Waals surface area contributed by atoms with Crippen molar-refractivity contribution in [2.24, 2.45) is 0 Å². The summed E-state index contributed by atoms with van der Waals surface area (Å²) < 4.78 is 6.37. The molecule has 1 aromatic carbocycles. The summed E-state index contributed by atoms with van der Waals surface area (Å²) in [7, 11) is 1.35. The molecule has 2 aromatic heterocycles. The van der Waals surface area contributed by atoms with Gasteiger partial charge in [0.2, 0.25) is 0 Å². The van der Waals surface area contributed by atoms with Crippen LogP contribution in [0.3, 0.4) is 0 Å². The first-order chi connectivity index (χ1) is 9.29. The van der Waals surface area contributed by atoms with Gasteiger partial charge in [-0.25, -0.2) is 9.48 Å². The van der Waals surface area contributed by atoms with Crippen LogP contribution in [-0.2, 0) is 4.74 Å². The molecule has 19 heavy (non-hydrogen) atoms. The molecule has 3 aromatic rings. The standard InChI is InChI=1S/C13H10N4O2/c1-19-13(18)9-2-3-12-11(8-9)15-16-17(12)10-4-6-14-7-5-10/h2-8H,1H3. The lowest BCUT2D eigenvalue weighted by Crippen LogP contribution is -2.01. The summed E-state index contributed by atoms with van der Waals surface area (Å²) in [5, 5.41) is 8.14. The van der Waals surface area contributed by atoms with Crippen molar-refractivity contribution < 1.29 is 9.53 Å². The largest absolute Gasteiger partial charge is 0.465 e. The van der Waals surface area contributed by atoms with E-state index in [1.54, 1.807) is 35.3 Å². The molecule has 6 heteroatoms. The minimum atomic E-state index is -0.389. The Balaban J connectivity index is 2.13. The van der Waals surface area contributed by atoms with E-state index in [0.717, 1.165) is 11.2 Å². The van der Waals surface area contributed by atoms with Crippen LogP contribution in [0.15, 0.2) is 42.7 Å². The van der Waals surface area contributed by atoms with Crippen molar-refractivity contribution in [1.29, 1.82) is 0 Å². The van der Waals surface area contributed by atoms with E-state index in [9.17, 15) is 4.79 Å². The SMILES string of the molecule is COC(=O)c1ccc2c(c1)nnn2-c1ccncc1. The number of benzene rings is 1.